The van der Waals surface area contributed by atoms with Crippen LogP contribution in [0.2, 0.25) is 0 Å². The molecule has 6 nitrogen and oxygen atoms in total. The Labute approximate surface area is 97.8 Å². The highest BCUT2D eigenvalue weighted by atomic mass is 16.6. The molecule has 1 aromatic carbocycles. The summed E-state index contributed by atoms with van der Waals surface area (Å²) in [6.07, 6.45) is 0.276. The molecule has 1 saturated heterocycles. The summed E-state index contributed by atoms with van der Waals surface area (Å²) >= 11 is 0. The van der Waals surface area contributed by atoms with Crippen LogP contribution in [0.25, 0.3) is 0 Å². The third-order valence-electron chi connectivity index (χ3n) is 2.83. The van der Waals surface area contributed by atoms with Gasteiger partial charge in [-0.15, -0.1) is 0 Å². The average molecular weight is 233 g/mol. The van der Waals surface area contributed by atoms with Crippen LogP contribution in [-0.2, 0) is 0 Å². The van der Waals surface area contributed by atoms with Crippen molar-refractivity contribution in [3.05, 3.63) is 33.9 Å². The zero-order chi connectivity index (χ0) is 12.4. The van der Waals surface area contributed by atoms with Gasteiger partial charge in [0.1, 0.15) is 11.6 Å². The molecule has 17 heavy (non-hydrogen) atoms. The summed E-state index contributed by atoms with van der Waals surface area (Å²) in [6, 6.07) is 6.29. The zero-order valence-electron chi connectivity index (χ0n) is 9.04. The standard InChI is InChI=1S/C11H11N3O3/c12-6-8-1-2-9(5-11(8)14(16)17)13-4-3-10(15)7-13/h1-2,5,10,15H,3-4,7H2/t10-/m0/s1. The van der Waals surface area contributed by atoms with Gasteiger partial charge < -0.3 is 10.0 Å². The normalized spacial score (nSPS) is 19.1. The highest BCUT2D eigenvalue weighted by molar-refractivity contribution is 5.60. The lowest BCUT2D eigenvalue weighted by molar-refractivity contribution is -0.385. The molecule has 0 spiro atoms. The minimum atomic E-state index is -0.561. The van der Waals surface area contributed by atoms with Gasteiger partial charge in [0.05, 0.1) is 11.0 Å². The molecule has 1 aromatic rings. The van der Waals surface area contributed by atoms with E-state index in [9.17, 15) is 15.2 Å². The van der Waals surface area contributed by atoms with E-state index in [1.54, 1.807) is 12.1 Å². The van der Waals surface area contributed by atoms with Gasteiger partial charge in [-0.2, -0.15) is 5.26 Å². The fraction of sp³-hybridized carbons (Fsp3) is 0.364. The number of nitro benzene ring substituents is 1. The molecule has 0 amide bonds. The Balaban J connectivity index is 2.35. The molecule has 1 heterocycles. The van der Waals surface area contributed by atoms with Crippen LogP contribution in [0.15, 0.2) is 18.2 Å². The van der Waals surface area contributed by atoms with Crippen molar-refractivity contribution in [1.29, 1.82) is 5.26 Å². The number of hydrogen-bond acceptors (Lipinski definition) is 5. The maximum absolute atomic E-state index is 10.8. The van der Waals surface area contributed by atoms with Crippen LogP contribution in [0.5, 0.6) is 0 Å². The van der Waals surface area contributed by atoms with Crippen LogP contribution in [-0.4, -0.2) is 29.2 Å². The Morgan fingerprint density at radius 2 is 2.35 bits per heavy atom. The number of rotatable bonds is 2. The van der Waals surface area contributed by atoms with Crippen molar-refractivity contribution in [3.8, 4) is 6.07 Å². The molecule has 0 saturated carbocycles. The summed E-state index contributed by atoms with van der Waals surface area (Å²) < 4.78 is 0. The first-order chi connectivity index (χ1) is 8.11. The fourth-order valence-corrected chi connectivity index (χ4v) is 1.94. The van der Waals surface area contributed by atoms with E-state index in [1.165, 1.54) is 12.1 Å². The predicted molar refractivity (Wildman–Crippen MR) is 60.6 cm³/mol. The summed E-state index contributed by atoms with van der Waals surface area (Å²) in [6.45, 7) is 1.15. The second kappa shape index (κ2) is 4.39. The number of β-amino-alcohol motifs (C(OH)–C–C–N with tert-alkyl or cyclic N) is 1. The van der Waals surface area contributed by atoms with Crippen LogP contribution in [0.3, 0.4) is 0 Å². The Morgan fingerprint density at radius 1 is 1.59 bits per heavy atom. The second-order valence-corrected chi connectivity index (χ2v) is 3.96. The Hall–Kier alpha value is -2.13. The summed E-state index contributed by atoms with van der Waals surface area (Å²) in [5.74, 6) is 0. The number of benzene rings is 1. The SMILES string of the molecule is N#Cc1ccc(N2CC[C@H](O)C2)cc1[N+](=O)[O-]. The first-order valence-electron chi connectivity index (χ1n) is 5.23. The molecule has 0 aliphatic carbocycles. The maximum atomic E-state index is 10.8. The van der Waals surface area contributed by atoms with E-state index >= 15 is 0 Å². The smallest absolute Gasteiger partial charge is 0.289 e. The van der Waals surface area contributed by atoms with Crippen LogP contribution >= 0.6 is 0 Å². The van der Waals surface area contributed by atoms with Crippen molar-refractivity contribution < 1.29 is 10.0 Å². The summed E-state index contributed by atoms with van der Waals surface area (Å²) in [7, 11) is 0. The van der Waals surface area contributed by atoms with E-state index in [1.807, 2.05) is 4.90 Å². The molecule has 1 atom stereocenters. The Kier molecular flexibility index (Phi) is 2.93. The molecule has 1 aliphatic rings. The molecular weight excluding hydrogens is 222 g/mol. The van der Waals surface area contributed by atoms with Gasteiger partial charge in [-0.05, 0) is 18.6 Å². The van der Waals surface area contributed by atoms with Crippen molar-refractivity contribution in [1.82, 2.24) is 0 Å². The van der Waals surface area contributed by atoms with Gasteiger partial charge in [-0.1, -0.05) is 0 Å². The van der Waals surface area contributed by atoms with Gasteiger partial charge in [0.2, 0.25) is 0 Å². The summed E-state index contributed by atoms with van der Waals surface area (Å²) in [5.41, 5.74) is 0.539. The monoisotopic (exact) mass is 233 g/mol. The molecule has 0 aromatic heterocycles. The molecule has 88 valence electrons. The van der Waals surface area contributed by atoms with E-state index < -0.39 is 4.92 Å². The van der Waals surface area contributed by atoms with Crippen LogP contribution in [0.1, 0.15) is 12.0 Å². The lowest BCUT2D eigenvalue weighted by atomic mass is 10.1. The fourth-order valence-electron chi connectivity index (χ4n) is 1.94. The first-order valence-corrected chi connectivity index (χ1v) is 5.23. The molecule has 1 aliphatic heterocycles. The topological polar surface area (TPSA) is 90.4 Å². The molecule has 0 bridgehead atoms. The third kappa shape index (κ3) is 2.19. The van der Waals surface area contributed by atoms with Gasteiger partial charge in [0.25, 0.3) is 5.69 Å². The van der Waals surface area contributed by atoms with E-state index in [-0.39, 0.29) is 17.4 Å². The molecule has 0 unspecified atom stereocenters. The van der Waals surface area contributed by atoms with Gasteiger partial charge in [-0.25, -0.2) is 0 Å². The third-order valence-corrected chi connectivity index (χ3v) is 2.83. The number of hydrogen-bond donors (Lipinski definition) is 1. The van der Waals surface area contributed by atoms with E-state index in [0.717, 1.165) is 0 Å². The molecule has 2 rings (SSSR count). The Bertz CT molecular complexity index is 495. The maximum Gasteiger partial charge on any atom is 0.289 e. The number of aliphatic hydroxyl groups is 1. The van der Waals surface area contributed by atoms with Gasteiger partial charge >= 0.3 is 0 Å². The van der Waals surface area contributed by atoms with Crippen LogP contribution in [0, 0.1) is 21.4 Å². The lowest BCUT2D eigenvalue weighted by Crippen LogP contribution is -2.21. The first kappa shape index (κ1) is 11.4. The van der Waals surface area contributed by atoms with Crippen molar-refractivity contribution in [2.24, 2.45) is 0 Å². The van der Waals surface area contributed by atoms with E-state index in [4.69, 9.17) is 5.26 Å². The van der Waals surface area contributed by atoms with Crippen molar-refractivity contribution in [2.75, 3.05) is 18.0 Å². The summed E-state index contributed by atoms with van der Waals surface area (Å²) in [4.78, 5) is 12.1. The molecule has 1 N–H and O–H groups in total. The minimum absolute atomic E-state index is 0.0542. The number of nitriles is 1. The number of anilines is 1. The molecule has 1 fully saturated rings. The van der Waals surface area contributed by atoms with Gasteiger partial charge in [0, 0.05) is 24.8 Å². The van der Waals surface area contributed by atoms with Crippen LogP contribution in [0.4, 0.5) is 11.4 Å². The molecule has 6 heteroatoms. The predicted octanol–water partition coefficient (Wildman–Crippen LogP) is 1.04. The highest BCUT2D eigenvalue weighted by Crippen LogP contribution is 2.27. The van der Waals surface area contributed by atoms with Crippen LogP contribution < -0.4 is 4.90 Å². The average Bonchev–Trinajstić information content (AvgIpc) is 2.75. The number of nitrogens with zero attached hydrogens (tertiary/aromatic N) is 3. The zero-order valence-corrected chi connectivity index (χ0v) is 9.04. The number of aliphatic hydroxyl groups excluding tert-OH is 1. The number of nitro groups is 1. The van der Waals surface area contributed by atoms with E-state index in [2.05, 4.69) is 0 Å². The van der Waals surface area contributed by atoms with Crippen molar-refractivity contribution in [3.63, 3.8) is 0 Å². The van der Waals surface area contributed by atoms with Gasteiger partial charge in [0.15, 0.2) is 0 Å². The Morgan fingerprint density at radius 3 is 2.88 bits per heavy atom. The second-order valence-electron chi connectivity index (χ2n) is 3.96. The quantitative estimate of drug-likeness (QED) is 0.608. The summed E-state index contributed by atoms with van der Waals surface area (Å²) in [5, 5.41) is 29.0. The molecular formula is C11H11N3O3. The lowest BCUT2D eigenvalue weighted by Gasteiger charge is -2.17. The van der Waals surface area contributed by atoms with Gasteiger partial charge in [-0.3, -0.25) is 10.1 Å². The van der Waals surface area contributed by atoms with Crippen molar-refractivity contribution >= 4 is 11.4 Å². The largest absolute Gasteiger partial charge is 0.391 e. The minimum Gasteiger partial charge on any atom is -0.391 e. The van der Waals surface area contributed by atoms with Crippen molar-refractivity contribution in [2.45, 2.75) is 12.5 Å². The molecule has 0 radical (unpaired) electrons. The highest BCUT2D eigenvalue weighted by Gasteiger charge is 2.23. The van der Waals surface area contributed by atoms with E-state index in [0.29, 0.717) is 25.2 Å².